The molecule has 0 atom stereocenters. The highest BCUT2D eigenvalue weighted by Gasteiger charge is 2.23. The number of aromatic nitrogens is 2. The van der Waals surface area contributed by atoms with Crippen molar-refractivity contribution in [3.63, 3.8) is 0 Å². The number of hydrogen-bond donors (Lipinski definition) is 0. The van der Waals surface area contributed by atoms with E-state index in [1.54, 1.807) is 30.6 Å². The van der Waals surface area contributed by atoms with Gasteiger partial charge in [-0.15, -0.1) is 0 Å². The van der Waals surface area contributed by atoms with Gasteiger partial charge in [-0.05, 0) is 24.6 Å². The van der Waals surface area contributed by atoms with Gasteiger partial charge in [0.2, 0.25) is 0 Å². The summed E-state index contributed by atoms with van der Waals surface area (Å²) in [5.41, 5.74) is 2.60. The molecule has 0 saturated heterocycles. The van der Waals surface area contributed by atoms with Gasteiger partial charge < -0.3 is 4.90 Å². The molecule has 5 nitrogen and oxygen atoms in total. The molecule has 0 bridgehead atoms. The van der Waals surface area contributed by atoms with Crippen molar-refractivity contribution in [2.75, 3.05) is 13.6 Å². The molecule has 1 aliphatic rings. The molecule has 0 radical (unpaired) electrons. The van der Waals surface area contributed by atoms with Crippen molar-refractivity contribution in [2.24, 2.45) is 4.99 Å². The molecule has 0 saturated carbocycles. The number of carbonyl (C=O) groups excluding carboxylic acids is 1. The van der Waals surface area contributed by atoms with Crippen molar-refractivity contribution < 1.29 is 9.18 Å². The average molecular weight is 300 g/mol. The van der Waals surface area contributed by atoms with Crippen LogP contribution in [0.5, 0.6) is 0 Å². The van der Waals surface area contributed by atoms with Gasteiger partial charge in [-0.1, -0.05) is 6.92 Å². The topological polar surface area (TPSA) is 50.5 Å². The van der Waals surface area contributed by atoms with Gasteiger partial charge >= 0.3 is 0 Å². The summed E-state index contributed by atoms with van der Waals surface area (Å²) in [6.45, 7) is 3.04. The van der Waals surface area contributed by atoms with Crippen LogP contribution in [0.4, 0.5) is 4.39 Å². The van der Waals surface area contributed by atoms with E-state index in [9.17, 15) is 9.18 Å². The van der Waals surface area contributed by atoms with Crippen LogP contribution < -0.4 is 0 Å². The zero-order chi connectivity index (χ0) is 15.7. The number of hydrogen-bond acceptors (Lipinski definition) is 3. The third-order valence-corrected chi connectivity index (χ3v) is 3.70. The maximum Gasteiger partial charge on any atom is 0.274 e. The number of carbonyl (C=O) groups is 1. The van der Waals surface area contributed by atoms with E-state index in [-0.39, 0.29) is 11.7 Å². The van der Waals surface area contributed by atoms with E-state index in [0.717, 1.165) is 17.8 Å². The van der Waals surface area contributed by atoms with Crippen molar-refractivity contribution in [1.82, 2.24) is 14.5 Å². The Morgan fingerprint density at radius 3 is 3.05 bits per heavy atom. The van der Waals surface area contributed by atoms with Gasteiger partial charge in [0.05, 0.1) is 17.9 Å². The molecule has 1 aromatic carbocycles. The fraction of sp³-hybridized carbons (Fsp3) is 0.312. The summed E-state index contributed by atoms with van der Waals surface area (Å²) in [6.07, 6.45) is 4.13. The zero-order valence-corrected chi connectivity index (χ0v) is 12.6. The second kappa shape index (κ2) is 5.71. The van der Waals surface area contributed by atoms with Crippen LogP contribution >= 0.6 is 0 Å². The first-order chi connectivity index (χ1) is 10.6. The van der Waals surface area contributed by atoms with E-state index in [0.29, 0.717) is 24.3 Å². The van der Waals surface area contributed by atoms with Crippen LogP contribution in [0, 0.1) is 5.82 Å². The number of rotatable bonds is 3. The molecule has 3 rings (SSSR count). The number of aliphatic imine (C=N–C) groups is 1. The molecule has 0 unspecified atom stereocenters. The lowest BCUT2D eigenvalue weighted by molar-refractivity contribution is 0.0788. The molecule has 1 amide bonds. The quantitative estimate of drug-likeness (QED) is 0.874. The van der Waals surface area contributed by atoms with E-state index < -0.39 is 0 Å². The summed E-state index contributed by atoms with van der Waals surface area (Å²) in [7, 11) is 1.76. The number of benzene rings is 1. The van der Waals surface area contributed by atoms with E-state index in [2.05, 4.69) is 9.98 Å². The van der Waals surface area contributed by atoms with Crippen molar-refractivity contribution >= 4 is 12.1 Å². The second-order valence-electron chi connectivity index (χ2n) is 5.31. The van der Waals surface area contributed by atoms with Crippen LogP contribution in [-0.2, 0) is 6.54 Å². The standard InChI is InChI=1S/C16H17FN4O/c1-3-6-20(2)16(22)15-14-9-18-8-11-7-12(17)4-5-13(11)21(14)10-19-15/h4-5,7-8,10H,3,6,9H2,1-2H3. The van der Waals surface area contributed by atoms with Gasteiger partial charge in [0.15, 0.2) is 5.69 Å². The molecule has 0 spiro atoms. The smallest absolute Gasteiger partial charge is 0.274 e. The van der Waals surface area contributed by atoms with Crippen molar-refractivity contribution in [3.05, 3.63) is 47.3 Å². The Kier molecular flexibility index (Phi) is 3.75. The number of nitrogens with zero attached hydrogens (tertiary/aromatic N) is 4. The Bertz CT molecular complexity index is 751. The lowest BCUT2D eigenvalue weighted by atomic mass is 10.2. The molecule has 114 valence electrons. The number of halogens is 1. The van der Waals surface area contributed by atoms with Crippen molar-refractivity contribution in [3.8, 4) is 5.69 Å². The molecule has 0 fully saturated rings. The first-order valence-corrected chi connectivity index (χ1v) is 7.23. The summed E-state index contributed by atoms with van der Waals surface area (Å²) in [4.78, 5) is 22.7. The molecule has 1 aromatic heterocycles. The largest absolute Gasteiger partial charge is 0.340 e. The first kappa shape index (κ1) is 14.4. The summed E-state index contributed by atoms with van der Waals surface area (Å²) in [5, 5.41) is 0. The third-order valence-electron chi connectivity index (χ3n) is 3.70. The maximum absolute atomic E-state index is 13.4. The SMILES string of the molecule is CCCN(C)C(=O)c1ncn2c1CN=Cc1cc(F)ccc1-2. The predicted octanol–water partition coefficient (Wildman–Crippen LogP) is 2.43. The Hall–Kier alpha value is -2.50. The van der Waals surface area contributed by atoms with E-state index in [1.165, 1.54) is 12.1 Å². The molecule has 2 heterocycles. The fourth-order valence-electron chi connectivity index (χ4n) is 2.61. The minimum absolute atomic E-state index is 0.114. The lowest BCUT2D eigenvalue weighted by Gasteiger charge is -2.15. The minimum Gasteiger partial charge on any atom is -0.340 e. The van der Waals surface area contributed by atoms with Gasteiger partial charge in [0.1, 0.15) is 12.1 Å². The summed E-state index contributed by atoms with van der Waals surface area (Å²) >= 11 is 0. The Labute approximate surface area is 128 Å². The van der Waals surface area contributed by atoms with Crippen LogP contribution in [0.2, 0.25) is 0 Å². The number of imidazole rings is 1. The molecule has 0 N–H and O–H groups in total. The Morgan fingerprint density at radius 1 is 1.45 bits per heavy atom. The molecular weight excluding hydrogens is 283 g/mol. The summed E-state index contributed by atoms with van der Waals surface area (Å²) in [6, 6.07) is 4.50. The van der Waals surface area contributed by atoms with E-state index >= 15 is 0 Å². The highest BCUT2D eigenvalue weighted by Crippen LogP contribution is 2.23. The van der Waals surface area contributed by atoms with Crippen LogP contribution in [0.3, 0.4) is 0 Å². The van der Waals surface area contributed by atoms with Gasteiger partial charge in [-0.25, -0.2) is 9.37 Å². The molecular formula is C16H17FN4O. The van der Waals surface area contributed by atoms with Crippen LogP contribution in [0.25, 0.3) is 5.69 Å². The average Bonchev–Trinajstić information content (AvgIpc) is 2.82. The van der Waals surface area contributed by atoms with E-state index in [4.69, 9.17) is 0 Å². The zero-order valence-electron chi connectivity index (χ0n) is 12.6. The fourth-order valence-corrected chi connectivity index (χ4v) is 2.61. The third kappa shape index (κ3) is 2.41. The maximum atomic E-state index is 13.4. The molecule has 6 heteroatoms. The highest BCUT2D eigenvalue weighted by molar-refractivity contribution is 5.94. The normalized spacial score (nSPS) is 12.5. The van der Waals surface area contributed by atoms with Crippen LogP contribution in [0.1, 0.15) is 35.1 Å². The van der Waals surface area contributed by atoms with Crippen LogP contribution in [-0.4, -0.2) is 40.2 Å². The van der Waals surface area contributed by atoms with Gasteiger partial charge in [0, 0.05) is 25.4 Å². The number of fused-ring (bicyclic) bond motifs is 3. The molecule has 0 aliphatic carbocycles. The van der Waals surface area contributed by atoms with Crippen LogP contribution in [0.15, 0.2) is 29.5 Å². The van der Waals surface area contributed by atoms with Gasteiger partial charge in [0.25, 0.3) is 5.91 Å². The Morgan fingerprint density at radius 2 is 2.27 bits per heavy atom. The molecule has 22 heavy (non-hydrogen) atoms. The molecule has 1 aliphatic heterocycles. The second-order valence-corrected chi connectivity index (χ2v) is 5.31. The minimum atomic E-state index is -0.312. The van der Waals surface area contributed by atoms with Gasteiger partial charge in [-0.2, -0.15) is 0 Å². The van der Waals surface area contributed by atoms with Crippen molar-refractivity contribution in [2.45, 2.75) is 19.9 Å². The predicted molar refractivity (Wildman–Crippen MR) is 82.1 cm³/mol. The van der Waals surface area contributed by atoms with Gasteiger partial charge in [-0.3, -0.25) is 14.4 Å². The highest BCUT2D eigenvalue weighted by atomic mass is 19.1. The summed E-state index contributed by atoms with van der Waals surface area (Å²) < 4.78 is 15.2. The molecule has 2 aromatic rings. The summed E-state index contributed by atoms with van der Waals surface area (Å²) in [5.74, 6) is -0.427. The first-order valence-electron chi connectivity index (χ1n) is 7.23. The Balaban J connectivity index is 2.06. The monoisotopic (exact) mass is 300 g/mol. The lowest BCUT2D eigenvalue weighted by Crippen LogP contribution is -2.28. The van der Waals surface area contributed by atoms with E-state index in [1.807, 2.05) is 11.5 Å². The van der Waals surface area contributed by atoms with Crippen molar-refractivity contribution in [1.29, 1.82) is 0 Å². The number of amides is 1.